The Morgan fingerprint density at radius 1 is 0.920 bits per heavy atom. The maximum Gasteiger partial charge on any atom is 0.124 e. The van der Waals surface area contributed by atoms with Gasteiger partial charge in [0.2, 0.25) is 0 Å². The number of hydrogen-bond donors (Lipinski definition) is 1. The Balaban J connectivity index is 1.82. The zero-order valence-corrected chi connectivity index (χ0v) is 15.0. The summed E-state index contributed by atoms with van der Waals surface area (Å²) >= 11 is 7.85. The Bertz CT molecular complexity index is 937. The zero-order valence-electron chi connectivity index (χ0n) is 13.4. The van der Waals surface area contributed by atoms with Crippen LogP contribution in [0.5, 0.6) is 5.75 Å². The van der Waals surface area contributed by atoms with Gasteiger partial charge in [-0.2, -0.15) is 0 Å². The van der Waals surface area contributed by atoms with Crippen molar-refractivity contribution in [3.63, 3.8) is 0 Å². The molecule has 0 aromatic heterocycles. The smallest absolute Gasteiger partial charge is 0.124 e. The molecule has 0 radical (unpaired) electrons. The Labute approximate surface area is 156 Å². The summed E-state index contributed by atoms with van der Waals surface area (Å²) in [5.74, 6) is 0.264. The summed E-state index contributed by atoms with van der Waals surface area (Å²) in [6.45, 7) is 0. The molecular formula is C21H16ClNOS. The minimum atomic E-state index is 0.208. The van der Waals surface area contributed by atoms with Crippen LogP contribution in [0.2, 0.25) is 5.02 Å². The number of nitrogens with zero attached hydrogens (tertiary/aromatic N) is 1. The average Bonchev–Trinajstić information content (AvgIpc) is 2.82. The number of benzene rings is 3. The van der Waals surface area contributed by atoms with Crippen LogP contribution in [0.15, 0.2) is 82.7 Å². The van der Waals surface area contributed by atoms with E-state index in [1.165, 1.54) is 5.56 Å². The van der Waals surface area contributed by atoms with Gasteiger partial charge in [-0.1, -0.05) is 48.0 Å². The maximum absolute atomic E-state index is 10.3. The molecule has 0 fully saturated rings. The molecule has 2 nitrogen and oxygen atoms in total. The van der Waals surface area contributed by atoms with Crippen LogP contribution in [0.1, 0.15) is 22.8 Å². The molecule has 0 spiro atoms. The minimum Gasteiger partial charge on any atom is -0.507 e. The van der Waals surface area contributed by atoms with Gasteiger partial charge in [0.1, 0.15) is 5.75 Å². The van der Waals surface area contributed by atoms with E-state index < -0.39 is 0 Å². The summed E-state index contributed by atoms with van der Waals surface area (Å²) in [5.41, 5.74) is 3.84. The molecule has 1 heterocycles. The van der Waals surface area contributed by atoms with Crippen molar-refractivity contribution in [2.75, 3.05) is 0 Å². The van der Waals surface area contributed by atoms with Crippen molar-refractivity contribution in [1.82, 2.24) is 0 Å². The summed E-state index contributed by atoms with van der Waals surface area (Å²) in [4.78, 5) is 6.02. The second-order valence-electron chi connectivity index (χ2n) is 5.91. The molecular weight excluding hydrogens is 350 g/mol. The molecule has 0 aliphatic carbocycles. The Morgan fingerprint density at radius 3 is 2.44 bits per heavy atom. The number of phenols is 1. The molecule has 3 aromatic rings. The number of aromatic hydroxyl groups is 1. The topological polar surface area (TPSA) is 32.6 Å². The lowest BCUT2D eigenvalue weighted by Gasteiger charge is -2.16. The van der Waals surface area contributed by atoms with Crippen LogP contribution in [0, 0.1) is 0 Å². The predicted octanol–water partition coefficient (Wildman–Crippen LogP) is 6.40. The number of para-hydroxylation sites is 2. The molecule has 1 aliphatic rings. The molecule has 25 heavy (non-hydrogen) atoms. The standard InChI is InChI=1S/C21H16ClNOS/c22-15-11-9-14(10-12-15)21-13-18(16-5-1-3-7-19(16)24)23-17-6-2-4-8-20(17)25-21/h1-12,21,24H,13H2. The molecule has 3 aromatic carbocycles. The molecule has 1 aliphatic heterocycles. The second kappa shape index (κ2) is 6.95. The highest BCUT2D eigenvalue weighted by Crippen LogP contribution is 2.46. The van der Waals surface area contributed by atoms with Crippen LogP contribution < -0.4 is 0 Å². The van der Waals surface area contributed by atoms with Crippen LogP contribution >= 0.6 is 23.4 Å². The first-order valence-corrected chi connectivity index (χ1v) is 9.33. The lowest BCUT2D eigenvalue weighted by Crippen LogP contribution is -2.05. The Kier molecular flexibility index (Phi) is 4.51. The fourth-order valence-electron chi connectivity index (χ4n) is 2.96. The van der Waals surface area contributed by atoms with Crippen molar-refractivity contribution in [1.29, 1.82) is 0 Å². The lowest BCUT2D eigenvalue weighted by molar-refractivity contribution is 0.474. The highest BCUT2D eigenvalue weighted by Gasteiger charge is 2.23. The quantitative estimate of drug-likeness (QED) is 0.569. The Hall–Kier alpha value is -2.23. The number of rotatable bonds is 2. The van der Waals surface area contributed by atoms with Crippen LogP contribution in [-0.2, 0) is 0 Å². The third kappa shape index (κ3) is 3.44. The van der Waals surface area contributed by atoms with Gasteiger partial charge in [-0.3, -0.25) is 4.99 Å². The number of phenolic OH excluding ortho intramolecular Hbond substituents is 1. The molecule has 0 saturated carbocycles. The molecule has 0 amide bonds. The van der Waals surface area contributed by atoms with Crippen molar-refractivity contribution in [2.24, 2.45) is 4.99 Å². The Morgan fingerprint density at radius 2 is 1.64 bits per heavy atom. The fourth-order valence-corrected chi connectivity index (χ4v) is 4.32. The van der Waals surface area contributed by atoms with E-state index >= 15 is 0 Å². The lowest BCUT2D eigenvalue weighted by atomic mass is 10.0. The van der Waals surface area contributed by atoms with Gasteiger partial charge in [0.05, 0.1) is 11.4 Å². The molecule has 1 N–H and O–H groups in total. The molecule has 4 heteroatoms. The van der Waals surface area contributed by atoms with Gasteiger partial charge in [0, 0.05) is 27.2 Å². The van der Waals surface area contributed by atoms with Crippen molar-refractivity contribution in [3.05, 3.63) is 88.9 Å². The van der Waals surface area contributed by atoms with E-state index in [1.54, 1.807) is 17.8 Å². The summed E-state index contributed by atoms with van der Waals surface area (Å²) in [5, 5.41) is 11.2. The molecule has 124 valence electrons. The van der Waals surface area contributed by atoms with Gasteiger partial charge in [-0.15, -0.1) is 11.8 Å². The minimum absolute atomic E-state index is 0.208. The van der Waals surface area contributed by atoms with E-state index in [4.69, 9.17) is 16.6 Å². The molecule has 4 rings (SSSR count). The van der Waals surface area contributed by atoms with Crippen LogP contribution in [0.25, 0.3) is 0 Å². The number of hydrogen-bond acceptors (Lipinski definition) is 3. The molecule has 0 bridgehead atoms. The van der Waals surface area contributed by atoms with E-state index in [-0.39, 0.29) is 11.0 Å². The largest absolute Gasteiger partial charge is 0.507 e. The summed E-state index contributed by atoms with van der Waals surface area (Å²) in [7, 11) is 0. The summed E-state index contributed by atoms with van der Waals surface area (Å²) in [6, 6.07) is 23.5. The highest BCUT2D eigenvalue weighted by atomic mass is 35.5. The summed E-state index contributed by atoms with van der Waals surface area (Å²) < 4.78 is 0. The summed E-state index contributed by atoms with van der Waals surface area (Å²) in [6.07, 6.45) is 0.735. The van der Waals surface area contributed by atoms with E-state index in [9.17, 15) is 5.11 Å². The number of halogens is 1. The van der Waals surface area contributed by atoms with Crippen LogP contribution in [-0.4, -0.2) is 10.8 Å². The molecule has 0 saturated heterocycles. The van der Waals surface area contributed by atoms with E-state index in [1.807, 2.05) is 48.5 Å². The first kappa shape index (κ1) is 16.2. The van der Waals surface area contributed by atoms with Gasteiger partial charge in [0.25, 0.3) is 0 Å². The van der Waals surface area contributed by atoms with Gasteiger partial charge < -0.3 is 5.11 Å². The monoisotopic (exact) mass is 365 g/mol. The maximum atomic E-state index is 10.3. The first-order valence-electron chi connectivity index (χ1n) is 8.08. The highest BCUT2D eigenvalue weighted by molar-refractivity contribution is 7.99. The fraction of sp³-hybridized carbons (Fsp3) is 0.0952. The van der Waals surface area contributed by atoms with Crippen molar-refractivity contribution >= 4 is 34.8 Å². The predicted molar refractivity (Wildman–Crippen MR) is 105 cm³/mol. The van der Waals surface area contributed by atoms with Crippen LogP contribution in [0.3, 0.4) is 0 Å². The van der Waals surface area contributed by atoms with E-state index in [2.05, 4.69) is 18.2 Å². The zero-order chi connectivity index (χ0) is 17.2. The SMILES string of the molecule is Oc1ccccc1C1=Nc2ccccc2SC(c2ccc(Cl)cc2)C1. The average molecular weight is 366 g/mol. The second-order valence-corrected chi connectivity index (χ2v) is 7.59. The number of thioether (sulfide) groups is 1. The number of aliphatic imine (C=N–C) groups is 1. The van der Waals surface area contributed by atoms with Crippen molar-refractivity contribution in [3.8, 4) is 5.75 Å². The van der Waals surface area contributed by atoms with E-state index in [0.29, 0.717) is 0 Å². The van der Waals surface area contributed by atoms with Gasteiger partial charge in [-0.25, -0.2) is 0 Å². The van der Waals surface area contributed by atoms with E-state index in [0.717, 1.165) is 33.3 Å². The van der Waals surface area contributed by atoms with Gasteiger partial charge in [-0.05, 0) is 42.0 Å². The van der Waals surface area contributed by atoms with Crippen LogP contribution in [0.4, 0.5) is 5.69 Å². The normalized spacial score (nSPS) is 16.7. The molecule has 1 unspecified atom stereocenters. The third-order valence-corrected chi connectivity index (χ3v) is 5.80. The van der Waals surface area contributed by atoms with Gasteiger partial charge >= 0.3 is 0 Å². The van der Waals surface area contributed by atoms with Crippen molar-refractivity contribution in [2.45, 2.75) is 16.6 Å². The third-order valence-electron chi connectivity index (χ3n) is 4.23. The van der Waals surface area contributed by atoms with Gasteiger partial charge in [0.15, 0.2) is 0 Å². The van der Waals surface area contributed by atoms with Crippen molar-refractivity contribution < 1.29 is 5.11 Å². The number of fused-ring (bicyclic) bond motifs is 1. The molecule has 1 atom stereocenters. The first-order chi connectivity index (χ1) is 12.2.